The first-order valence-electron chi connectivity index (χ1n) is 5.35. The topological polar surface area (TPSA) is 44.2 Å². The molecule has 84 valence electrons. The van der Waals surface area contributed by atoms with Gasteiger partial charge in [-0.2, -0.15) is 0 Å². The Bertz CT molecular complexity index is 485. The van der Waals surface area contributed by atoms with Gasteiger partial charge in [-0.3, -0.25) is 0 Å². The first-order valence-corrected chi connectivity index (χ1v) is 5.35. The Morgan fingerprint density at radius 1 is 1.12 bits per heavy atom. The van der Waals surface area contributed by atoms with E-state index in [1.165, 1.54) is 6.33 Å². The van der Waals surface area contributed by atoms with Crippen molar-refractivity contribution < 1.29 is 9.47 Å². The van der Waals surface area contributed by atoms with Crippen molar-refractivity contribution in [2.75, 3.05) is 13.2 Å². The monoisotopic (exact) mass is 218 g/mol. The summed E-state index contributed by atoms with van der Waals surface area (Å²) < 4.78 is 11.1. The molecule has 0 unspecified atom stereocenters. The Kier molecular flexibility index (Phi) is 3.19. The minimum atomic E-state index is 0.586. The third-order valence-electron chi connectivity index (χ3n) is 2.18. The zero-order chi connectivity index (χ0) is 11.4. The van der Waals surface area contributed by atoms with Crippen molar-refractivity contribution in [1.82, 2.24) is 9.97 Å². The highest BCUT2D eigenvalue weighted by atomic mass is 16.5. The predicted molar refractivity (Wildman–Crippen MR) is 61.9 cm³/mol. The van der Waals surface area contributed by atoms with Crippen LogP contribution in [0, 0.1) is 0 Å². The SMILES string of the molecule is CCOc1ccc2cncnc2c1OCC. The fraction of sp³-hybridized carbons (Fsp3) is 0.333. The van der Waals surface area contributed by atoms with Crippen LogP contribution in [0.5, 0.6) is 11.5 Å². The summed E-state index contributed by atoms with van der Waals surface area (Å²) in [6.45, 7) is 5.08. The summed E-state index contributed by atoms with van der Waals surface area (Å²) in [5.41, 5.74) is 0.794. The van der Waals surface area contributed by atoms with Crippen LogP contribution in [0.1, 0.15) is 13.8 Å². The number of rotatable bonds is 4. The quantitative estimate of drug-likeness (QED) is 0.790. The van der Waals surface area contributed by atoms with Crippen LogP contribution in [-0.2, 0) is 0 Å². The number of aromatic nitrogens is 2. The summed E-state index contributed by atoms with van der Waals surface area (Å²) in [5.74, 6) is 1.43. The second-order valence-electron chi connectivity index (χ2n) is 3.22. The molecule has 0 amide bonds. The van der Waals surface area contributed by atoms with E-state index < -0.39 is 0 Å². The first-order chi connectivity index (χ1) is 7.86. The molecule has 1 aromatic heterocycles. The second kappa shape index (κ2) is 4.79. The van der Waals surface area contributed by atoms with Crippen molar-refractivity contribution in [3.05, 3.63) is 24.7 Å². The van der Waals surface area contributed by atoms with E-state index in [1.807, 2.05) is 26.0 Å². The predicted octanol–water partition coefficient (Wildman–Crippen LogP) is 2.43. The van der Waals surface area contributed by atoms with Gasteiger partial charge in [0.25, 0.3) is 0 Å². The molecule has 0 spiro atoms. The maximum absolute atomic E-state index is 5.59. The molecule has 2 aromatic rings. The van der Waals surface area contributed by atoms with Gasteiger partial charge in [-0.25, -0.2) is 9.97 Å². The molecule has 0 aliphatic heterocycles. The zero-order valence-electron chi connectivity index (χ0n) is 9.43. The minimum absolute atomic E-state index is 0.586. The molecule has 0 bridgehead atoms. The first kappa shape index (κ1) is 10.7. The molecule has 0 saturated carbocycles. The lowest BCUT2D eigenvalue weighted by atomic mass is 10.2. The van der Waals surface area contributed by atoms with Gasteiger partial charge >= 0.3 is 0 Å². The Morgan fingerprint density at radius 2 is 1.94 bits per heavy atom. The van der Waals surface area contributed by atoms with E-state index in [0.717, 1.165) is 16.7 Å². The number of hydrogen-bond acceptors (Lipinski definition) is 4. The van der Waals surface area contributed by atoms with Crippen LogP contribution in [0.2, 0.25) is 0 Å². The van der Waals surface area contributed by atoms with E-state index in [4.69, 9.17) is 9.47 Å². The number of ether oxygens (including phenoxy) is 2. The Morgan fingerprint density at radius 3 is 2.69 bits per heavy atom. The van der Waals surface area contributed by atoms with Crippen molar-refractivity contribution in [3.8, 4) is 11.5 Å². The lowest BCUT2D eigenvalue weighted by molar-refractivity contribution is 0.290. The lowest BCUT2D eigenvalue weighted by Gasteiger charge is -2.12. The van der Waals surface area contributed by atoms with Crippen LogP contribution < -0.4 is 9.47 Å². The van der Waals surface area contributed by atoms with Gasteiger partial charge in [0.15, 0.2) is 11.5 Å². The van der Waals surface area contributed by atoms with Gasteiger partial charge in [0.1, 0.15) is 11.8 Å². The van der Waals surface area contributed by atoms with Gasteiger partial charge in [0, 0.05) is 11.6 Å². The van der Waals surface area contributed by atoms with Gasteiger partial charge in [-0.1, -0.05) is 0 Å². The Balaban J connectivity index is 2.58. The lowest BCUT2D eigenvalue weighted by Crippen LogP contribution is -1.99. The molecule has 0 radical (unpaired) electrons. The average molecular weight is 218 g/mol. The fourth-order valence-corrected chi connectivity index (χ4v) is 1.56. The molecule has 1 aromatic carbocycles. The smallest absolute Gasteiger partial charge is 0.187 e. The summed E-state index contributed by atoms with van der Waals surface area (Å²) in [6, 6.07) is 3.82. The molecule has 0 N–H and O–H groups in total. The summed E-state index contributed by atoms with van der Waals surface area (Å²) in [5, 5.41) is 0.953. The van der Waals surface area contributed by atoms with Crippen molar-refractivity contribution in [1.29, 1.82) is 0 Å². The van der Waals surface area contributed by atoms with Crippen LogP contribution in [0.3, 0.4) is 0 Å². The van der Waals surface area contributed by atoms with Gasteiger partial charge in [-0.15, -0.1) is 0 Å². The molecule has 1 heterocycles. The maximum Gasteiger partial charge on any atom is 0.187 e. The van der Waals surface area contributed by atoms with Gasteiger partial charge in [0.05, 0.1) is 13.2 Å². The van der Waals surface area contributed by atoms with Crippen LogP contribution in [-0.4, -0.2) is 23.2 Å². The molecular weight excluding hydrogens is 204 g/mol. The Hall–Kier alpha value is -1.84. The standard InChI is InChI=1S/C12H14N2O2/c1-3-15-10-6-5-9-7-13-8-14-11(9)12(10)16-4-2/h5-8H,3-4H2,1-2H3. The van der Waals surface area contributed by atoms with Crippen molar-refractivity contribution in [3.63, 3.8) is 0 Å². The van der Waals surface area contributed by atoms with E-state index in [2.05, 4.69) is 9.97 Å². The highest BCUT2D eigenvalue weighted by molar-refractivity contribution is 5.86. The van der Waals surface area contributed by atoms with Crippen LogP contribution >= 0.6 is 0 Å². The van der Waals surface area contributed by atoms with Crippen molar-refractivity contribution >= 4 is 10.9 Å². The number of hydrogen-bond donors (Lipinski definition) is 0. The number of benzene rings is 1. The molecular formula is C12H14N2O2. The molecule has 4 nitrogen and oxygen atoms in total. The van der Waals surface area contributed by atoms with E-state index >= 15 is 0 Å². The van der Waals surface area contributed by atoms with Crippen LogP contribution in [0.4, 0.5) is 0 Å². The molecule has 4 heteroatoms. The van der Waals surface area contributed by atoms with E-state index in [9.17, 15) is 0 Å². The zero-order valence-corrected chi connectivity index (χ0v) is 9.43. The average Bonchev–Trinajstić information content (AvgIpc) is 2.32. The molecule has 0 atom stereocenters. The van der Waals surface area contributed by atoms with E-state index in [0.29, 0.717) is 19.0 Å². The maximum atomic E-state index is 5.59. The largest absolute Gasteiger partial charge is 0.490 e. The summed E-state index contributed by atoms with van der Waals surface area (Å²) in [6.07, 6.45) is 3.28. The highest BCUT2D eigenvalue weighted by Gasteiger charge is 2.10. The van der Waals surface area contributed by atoms with Gasteiger partial charge in [-0.05, 0) is 26.0 Å². The van der Waals surface area contributed by atoms with E-state index in [1.54, 1.807) is 6.20 Å². The number of fused-ring (bicyclic) bond motifs is 1. The number of nitrogens with zero attached hydrogens (tertiary/aromatic N) is 2. The normalized spacial score (nSPS) is 10.4. The second-order valence-corrected chi connectivity index (χ2v) is 3.22. The van der Waals surface area contributed by atoms with Gasteiger partial charge in [0.2, 0.25) is 0 Å². The van der Waals surface area contributed by atoms with Crippen LogP contribution in [0.25, 0.3) is 10.9 Å². The van der Waals surface area contributed by atoms with Gasteiger partial charge < -0.3 is 9.47 Å². The minimum Gasteiger partial charge on any atom is -0.490 e. The summed E-state index contributed by atoms with van der Waals surface area (Å²) in [4.78, 5) is 8.21. The van der Waals surface area contributed by atoms with Crippen LogP contribution in [0.15, 0.2) is 24.7 Å². The van der Waals surface area contributed by atoms with Crippen molar-refractivity contribution in [2.24, 2.45) is 0 Å². The van der Waals surface area contributed by atoms with E-state index in [-0.39, 0.29) is 0 Å². The third kappa shape index (κ3) is 1.91. The molecule has 2 rings (SSSR count). The molecule has 0 aliphatic carbocycles. The Labute approximate surface area is 94.2 Å². The third-order valence-corrected chi connectivity index (χ3v) is 2.18. The summed E-state index contributed by atoms with van der Waals surface area (Å²) >= 11 is 0. The molecule has 16 heavy (non-hydrogen) atoms. The molecule has 0 fully saturated rings. The van der Waals surface area contributed by atoms with Crippen molar-refractivity contribution in [2.45, 2.75) is 13.8 Å². The molecule has 0 saturated heterocycles. The highest BCUT2D eigenvalue weighted by Crippen LogP contribution is 2.33. The summed E-state index contributed by atoms with van der Waals surface area (Å²) in [7, 11) is 0. The molecule has 0 aliphatic rings. The fourth-order valence-electron chi connectivity index (χ4n) is 1.56.